The van der Waals surface area contributed by atoms with Gasteiger partial charge in [0.25, 0.3) is 0 Å². The van der Waals surface area contributed by atoms with Crippen LogP contribution in [0.5, 0.6) is 0 Å². The minimum Gasteiger partial charge on any atom is -0.396 e. The zero-order valence-corrected chi connectivity index (χ0v) is 13.3. The number of hydrogen-bond acceptors (Lipinski definition) is 3. The summed E-state index contributed by atoms with van der Waals surface area (Å²) in [6, 6.07) is 0.906. The molecule has 19 heavy (non-hydrogen) atoms. The lowest BCUT2D eigenvalue weighted by molar-refractivity contribution is 0.112. The Morgan fingerprint density at radius 3 is 2.42 bits per heavy atom. The van der Waals surface area contributed by atoms with Gasteiger partial charge in [0.05, 0.1) is 0 Å². The largest absolute Gasteiger partial charge is 0.396 e. The molecule has 0 aromatic rings. The van der Waals surface area contributed by atoms with E-state index in [1.54, 1.807) is 0 Å². The normalized spacial score (nSPS) is 28.6. The molecule has 3 heteroatoms. The lowest BCUT2D eigenvalue weighted by atomic mass is 9.73. The SMILES string of the molecule is CC(C)C1CCC(N)C(CN(CCCO)C(C)C)C1. The number of aliphatic hydroxyl groups excluding tert-OH is 1. The Labute approximate surface area is 119 Å². The van der Waals surface area contributed by atoms with Crippen LogP contribution in [-0.2, 0) is 0 Å². The summed E-state index contributed by atoms with van der Waals surface area (Å²) in [6.07, 6.45) is 4.63. The molecule has 0 aromatic heterocycles. The summed E-state index contributed by atoms with van der Waals surface area (Å²) in [5, 5.41) is 9.02. The fourth-order valence-electron chi connectivity index (χ4n) is 3.27. The van der Waals surface area contributed by atoms with E-state index in [-0.39, 0.29) is 6.61 Å². The molecular weight excluding hydrogens is 236 g/mol. The number of hydrogen-bond donors (Lipinski definition) is 2. The van der Waals surface area contributed by atoms with Gasteiger partial charge in [-0.25, -0.2) is 0 Å². The smallest absolute Gasteiger partial charge is 0.0443 e. The molecule has 1 aliphatic carbocycles. The molecule has 0 aromatic carbocycles. The molecule has 0 bridgehead atoms. The van der Waals surface area contributed by atoms with E-state index in [0.29, 0.717) is 18.0 Å². The quantitative estimate of drug-likeness (QED) is 0.747. The fraction of sp³-hybridized carbons (Fsp3) is 1.00. The zero-order valence-electron chi connectivity index (χ0n) is 13.3. The molecule has 114 valence electrons. The van der Waals surface area contributed by atoms with Gasteiger partial charge in [-0.1, -0.05) is 13.8 Å². The molecule has 0 radical (unpaired) electrons. The first kappa shape index (κ1) is 16.9. The number of nitrogens with two attached hydrogens (primary N) is 1. The second-order valence-electron chi connectivity index (χ2n) is 6.91. The first-order chi connectivity index (χ1) is 8.95. The van der Waals surface area contributed by atoms with Crippen molar-refractivity contribution >= 4 is 0 Å². The Bertz CT molecular complexity index is 243. The molecule has 0 spiro atoms. The highest BCUT2D eigenvalue weighted by molar-refractivity contribution is 4.86. The van der Waals surface area contributed by atoms with Gasteiger partial charge >= 0.3 is 0 Å². The highest BCUT2D eigenvalue weighted by Gasteiger charge is 2.31. The minimum atomic E-state index is 0.286. The monoisotopic (exact) mass is 270 g/mol. The molecule has 1 fully saturated rings. The van der Waals surface area contributed by atoms with Crippen molar-refractivity contribution in [3.8, 4) is 0 Å². The van der Waals surface area contributed by atoms with Gasteiger partial charge in [0.15, 0.2) is 0 Å². The highest BCUT2D eigenvalue weighted by Crippen LogP contribution is 2.33. The van der Waals surface area contributed by atoms with Crippen molar-refractivity contribution < 1.29 is 5.11 Å². The topological polar surface area (TPSA) is 49.5 Å². The molecule has 1 saturated carbocycles. The van der Waals surface area contributed by atoms with Crippen LogP contribution in [0, 0.1) is 17.8 Å². The van der Waals surface area contributed by atoms with E-state index in [0.717, 1.165) is 31.3 Å². The van der Waals surface area contributed by atoms with E-state index in [2.05, 4.69) is 32.6 Å². The van der Waals surface area contributed by atoms with Gasteiger partial charge in [0, 0.05) is 31.8 Å². The maximum atomic E-state index is 9.02. The number of nitrogens with zero attached hydrogens (tertiary/aromatic N) is 1. The van der Waals surface area contributed by atoms with Gasteiger partial charge in [-0.05, 0) is 57.3 Å². The number of aliphatic hydroxyl groups is 1. The molecule has 3 atom stereocenters. The molecule has 3 unspecified atom stereocenters. The van der Waals surface area contributed by atoms with Crippen molar-refractivity contribution in [1.82, 2.24) is 4.90 Å². The summed E-state index contributed by atoms with van der Waals surface area (Å²) in [4.78, 5) is 2.49. The van der Waals surface area contributed by atoms with Crippen molar-refractivity contribution in [2.45, 2.75) is 65.5 Å². The Morgan fingerprint density at radius 1 is 1.21 bits per heavy atom. The standard InChI is InChI=1S/C16H34N2O/c1-12(2)14-6-7-16(17)15(10-14)11-18(13(3)4)8-5-9-19/h12-16,19H,5-11,17H2,1-4H3. The van der Waals surface area contributed by atoms with E-state index < -0.39 is 0 Å². The molecule has 1 rings (SSSR count). The van der Waals surface area contributed by atoms with Crippen LogP contribution < -0.4 is 5.73 Å². The lowest BCUT2D eigenvalue weighted by Gasteiger charge is -2.39. The van der Waals surface area contributed by atoms with Crippen LogP contribution in [0.4, 0.5) is 0 Å². The maximum Gasteiger partial charge on any atom is 0.0443 e. The summed E-state index contributed by atoms with van der Waals surface area (Å²) in [6.45, 7) is 11.5. The van der Waals surface area contributed by atoms with Gasteiger partial charge in [-0.2, -0.15) is 0 Å². The number of rotatable bonds is 7. The Morgan fingerprint density at radius 2 is 1.89 bits per heavy atom. The van der Waals surface area contributed by atoms with Crippen molar-refractivity contribution in [3.63, 3.8) is 0 Å². The van der Waals surface area contributed by atoms with Gasteiger partial charge in [-0.15, -0.1) is 0 Å². The maximum absolute atomic E-state index is 9.02. The van der Waals surface area contributed by atoms with Crippen LogP contribution in [0.15, 0.2) is 0 Å². The van der Waals surface area contributed by atoms with Crippen LogP contribution in [0.1, 0.15) is 53.4 Å². The minimum absolute atomic E-state index is 0.286. The molecule has 1 aliphatic rings. The summed E-state index contributed by atoms with van der Waals surface area (Å²) < 4.78 is 0. The van der Waals surface area contributed by atoms with E-state index in [1.165, 1.54) is 19.3 Å². The second kappa shape index (κ2) is 8.23. The van der Waals surface area contributed by atoms with E-state index in [1.807, 2.05) is 0 Å². The average Bonchev–Trinajstić information content (AvgIpc) is 2.35. The van der Waals surface area contributed by atoms with Crippen LogP contribution in [0.2, 0.25) is 0 Å². The summed E-state index contributed by atoms with van der Waals surface area (Å²) >= 11 is 0. The molecule has 3 N–H and O–H groups in total. The molecule has 0 aliphatic heterocycles. The Balaban J connectivity index is 2.54. The third-order valence-electron chi connectivity index (χ3n) is 4.83. The van der Waals surface area contributed by atoms with Crippen LogP contribution >= 0.6 is 0 Å². The Kier molecular flexibility index (Phi) is 7.33. The van der Waals surface area contributed by atoms with E-state index in [9.17, 15) is 0 Å². The van der Waals surface area contributed by atoms with Crippen LogP contribution in [0.3, 0.4) is 0 Å². The van der Waals surface area contributed by atoms with Crippen molar-refractivity contribution in [1.29, 1.82) is 0 Å². The summed E-state index contributed by atoms with van der Waals surface area (Å²) in [5.41, 5.74) is 6.34. The van der Waals surface area contributed by atoms with Gasteiger partial charge in [0.1, 0.15) is 0 Å². The van der Waals surface area contributed by atoms with Crippen molar-refractivity contribution in [2.24, 2.45) is 23.5 Å². The zero-order chi connectivity index (χ0) is 14.4. The van der Waals surface area contributed by atoms with E-state index >= 15 is 0 Å². The molecule has 0 amide bonds. The molecule has 0 saturated heterocycles. The van der Waals surface area contributed by atoms with Gasteiger partial charge < -0.3 is 15.7 Å². The third kappa shape index (κ3) is 5.41. The first-order valence-corrected chi connectivity index (χ1v) is 8.06. The average molecular weight is 270 g/mol. The lowest BCUT2D eigenvalue weighted by Crippen LogP contribution is -2.46. The van der Waals surface area contributed by atoms with Crippen LogP contribution in [0.25, 0.3) is 0 Å². The van der Waals surface area contributed by atoms with Crippen molar-refractivity contribution in [3.05, 3.63) is 0 Å². The third-order valence-corrected chi connectivity index (χ3v) is 4.83. The predicted octanol–water partition coefficient (Wildman–Crippen LogP) is 2.48. The van der Waals surface area contributed by atoms with Crippen molar-refractivity contribution in [2.75, 3.05) is 19.7 Å². The van der Waals surface area contributed by atoms with Gasteiger partial charge in [-0.3, -0.25) is 0 Å². The Hall–Kier alpha value is -0.120. The second-order valence-corrected chi connectivity index (χ2v) is 6.91. The molecular formula is C16H34N2O. The van der Waals surface area contributed by atoms with E-state index in [4.69, 9.17) is 10.8 Å². The van der Waals surface area contributed by atoms with Crippen LogP contribution in [-0.4, -0.2) is 41.8 Å². The molecule has 0 heterocycles. The highest BCUT2D eigenvalue weighted by atomic mass is 16.3. The predicted molar refractivity (Wildman–Crippen MR) is 82.1 cm³/mol. The fourth-order valence-corrected chi connectivity index (χ4v) is 3.27. The summed E-state index contributed by atoms with van der Waals surface area (Å²) in [5.74, 6) is 2.25. The van der Waals surface area contributed by atoms with Gasteiger partial charge in [0.2, 0.25) is 0 Å². The summed E-state index contributed by atoms with van der Waals surface area (Å²) in [7, 11) is 0. The molecule has 3 nitrogen and oxygen atoms in total. The first-order valence-electron chi connectivity index (χ1n) is 8.06.